The highest BCUT2D eigenvalue weighted by Crippen LogP contribution is 2.44. The van der Waals surface area contributed by atoms with Crippen molar-refractivity contribution in [1.82, 2.24) is 0 Å². The summed E-state index contributed by atoms with van der Waals surface area (Å²) < 4.78 is 18.9. The van der Waals surface area contributed by atoms with Gasteiger partial charge in [-0.15, -0.1) is 6.42 Å². The van der Waals surface area contributed by atoms with Crippen LogP contribution in [0.2, 0.25) is 0 Å². The molecule has 3 aromatic rings. The number of terminal acetylenes is 1. The number of fused-ring (bicyclic) bond motifs is 1. The third kappa shape index (κ3) is 5.57. The molecule has 0 aromatic heterocycles. The molecular formula is C29H31NO3. The Morgan fingerprint density at radius 3 is 2.45 bits per heavy atom. The molecule has 0 spiro atoms. The minimum Gasteiger partial charge on any atom is -0.485 e. The van der Waals surface area contributed by atoms with E-state index in [4.69, 9.17) is 20.6 Å². The number of benzene rings is 3. The fraction of sp³-hybridized carbons (Fsp3) is 0.310. The number of rotatable bonds is 8. The summed E-state index contributed by atoms with van der Waals surface area (Å²) in [5, 5.41) is 3.52. The number of hydrogen-bond acceptors (Lipinski definition) is 4. The first-order valence-electron chi connectivity index (χ1n) is 11.3. The van der Waals surface area contributed by atoms with Crippen LogP contribution in [0.15, 0.2) is 72.8 Å². The van der Waals surface area contributed by atoms with Crippen molar-refractivity contribution in [3.63, 3.8) is 0 Å². The van der Waals surface area contributed by atoms with E-state index in [1.807, 2.05) is 44.2 Å². The van der Waals surface area contributed by atoms with Crippen molar-refractivity contribution in [3.8, 4) is 18.1 Å². The summed E-state index contributed by atoms with van der Waals surface area (Å²) in [6.07, 6.45) is 4.83. The average Bonchev–Trinajstić information content (AvgIpc) is 2.81. The molecule has 0 radical (unpaired) electrons. The second-order valence-corrected chi connectivity index (χ2v) is 8.95. The first kappa shape index (κ1) is 22.9. The van der Waals surface area contributed by atoms with Gasteiger partial charge in [0.25, 0.3) is 0 Å². The van der Waals surface area contributed by atoms with Crippen LogP contribution in [0, 0.1) is 19.3 Å². The van der Waals surface area contributed by atoms with Gasteiger partial charge in [-0.05, 0) is 50.1 Å². The predicted molar refractivity (Wildman–Crippen MR) is 132 cm³/mol. The molecule has 1 aliphatic rings. The van der Waals surface area contributed by atoms with Crippen LogP contribution in [-0.2, 0) is 22.6 Å². The van der Waals surface area contributed by atoms with Crippen molar-refractivity contribution in [1.29, 1.82) is 0 Å². The molecule has 4 rings (SSSR count). The maximum Gasteiger partial charge on any atom is 0.132 e. The monoisotopic (exact) mass is 441 g/mol. The smallest absolute Gasteiger partial charge is 0.132 e. The molecule has 0 fully saturated rings. The Labute approximate surface area is 196 Å². The molecule has 0 saturated carbocycles. The van der Waals surface area contributed by atoms with Crippen LogP contribution in [0.5, 0.6) is 5.75 Å². The van der Waals surface area contributed by atoms with Gasteiger partial charge in [0, 0.05) is 17.8 Å². The van der Waals surface area contributed by atoms with Gasteiger partial charge < -0.3 is 19.5 Å². The van der Waals surface area contributed by atoms with E-state index in [9.17, 15) is 0 Å². The van der Waals surface area contributed by atoms with Crippen LogP contribution in [0.4, 0.5) is 5.69 Å². The fourth-order valence-corrected chi connectivity index (χ4v) is 4.12. The molecule has 33 heavy (non-hydrogen) atoms. The van der Waals surface area contributed by atoms with Gasteiger partial charge in [0.1, 0.15) is 30.2 Å². The highest BCUT2D eigenvalue weighted by atomic mass is 16.6. The Morgan fingerprint density at radius 2 is 1.73 bits per heavy atom. The van der Waals surface area contributed by atoms with Crippen LogP contribution >= 0.6 is 0 Å². The van der Waals surface area contributed by atoms with Crippen molar-refractivity contribution in [2.45, 2.75) is 51.7 Å². The quantitative estimate of drug-likeness (QED) is 0.432. The van der Waals surface area contributed by atoms with E-state index in [0.717, 1.165) is 29.1 Å². The van der Waals surface area contributed by atoms with E-state index in [1.54, 1.807) is 0 Å². The van der Waals surface area contributed by atoms with Crippen LogP contribution in [0.3, 0.4) is 0 Å². The molecule has 1 heterocycles. The molecule has 2 unspecified atom stereocenters. The lowest BCUT2D eigenvalue weighted by Crippen LogP contribution is -2.51. The summed E-state index contributed by atoms with van der Waals surface area (Å²) in [4.78, 5) is 0. The van der Waals surface area contributed by atoms with Crippen LogP contribution in [0.25, 0.3) is 0 Å². The van der Waals surface area contributed by atoms with Gasteiger partial charge in [0.05, 0.1) is 6.61 Å². The summed E-state index contributed by atoms with van der Waals surface area (Å²) >= 11 is 0. The van der Waals surface area contributed by atoms with Gasteiger partial charge >= 0.3 is 0 Å². The number of aryl methyl sites for hydroxylation is 1. The van der Waals surface area contributed by atoms with Crippen molar-refractivity contribution < 1.29 is 14.2 Å². The minimum atomic E-state index is -0.595. The zero-order chi connectivity index (χ0) is 23.3. The number of ether oxygens (including phenoxy) is 3. The highest BCUT2D eigenvalue weighted by molar-refractivity contribution is 5.54. The minimum absolute atomic E-state index is 0.198. The lowest BCUT2D eigenvalue weighted by molar-refractivity contribution is -0.160. The SMILES string of the molecule is C#CCOC1C(OCc2ccccc2)c2cc(NCc3ccc(C)cc3)ccc2OC1(C)C. The van der Waals surface area contributed by atoms with Crippen molar-refractivity contribution in [2.75, 3.05) is 11.9 Å². The molecule has 4 nitrogen and oxygen atoms in total. The maximum absolute atomic E-state index is 6.47. The Balaban J connectivity index is 1.60. The van der Waals surface area contributed by atoms with Crippen molar-refractivity contribution in [2.24, 2.45) is 0 Å². The Morgan fingerprint density at radius 1 is 0.970 bits per heavy atom. The summed E-state index contributed by atoms with van der Waals surface area (Å²) in [5.74, 6) is 3.38. The third-order valence-corrected chi connectivity index (χ3v) is 5.89. The van der Waals surface area contributed by atoms with E-state index in [-0.39, 0.29) is 18.8 Å². The zero-order valence-corrected chi connectivity index (χ0v) is 19.5. The third-order valence-electron chi connectivity index (χ3n) is 5.89. The molecule has 0 bridgehead atoms. The Kier molecular flexibility index (Phi) is 7.03. The molecular weight excluding hydrogens is 410 g/mol. The van der Waals surface area contributed by atoms with Gasteiger partial charge in [-0.3, -0.25) is 0 Å². The molecule has 2 atom stereocenters. The summed E-state index contributed by atoms with van der Waals surface area (Å²) in [6, 6.07) is 24.8. The molecule has 0 aliphatic carbocycles. The molecule has 0 saturated heterocycles. The molecule has 0 amide bonds. The van der Waals surface area contributed by atoms with Crippen molar-refractivity contribution in [3.05, 3.63) is 95.1 Å². The molecule has 170 valence electrons. The Hall–Kier alpha value is -3.26. The number of anilines is 1. The molecule has 3 aromatic carbocycles. The average molecular weight is 442 g/mol. The lowest BCUT2D eigenvalue weighted by Gasteiger charge is -2.44. The van der Waals surface area contributed by atoms with Crippen LogP contribution < -0.4 is 10.1 Å². The number of nitrogens with one attached hydrogen (secondary N) is 1. The fourth-order valence-electron chi connectivity index (χ4n) is 4.12. The van der Waals surface area contributed by atoms with Gasteiger partial charge in [-0.2, -0.15) is 0 Å². The van der Waals surface area contributed by atoms with E-state index in [1.165, 1.54) is 11.1 Å². The summed E-state index contributed by atoms with van der Waals surface area (Å²) in [5.41, 5.74) is 4.95. The number of hydrogen-bond donors (Lipinski definition) is 1. The van der Waals surface area contributed by atoms with Gasteiger partial charge in [-0.25, -0.2) is 0 Å². The predicted octanol–water partition coefficient (Wildman–Crippen LogP) is 6.05. The molecule has 4 heteroatoms. The largest absolute Gasteiger partial charge is 0.485 e. The van der Waals surface area contributed by atoms with E-state index in [0.29, 0.717) is 6.61 Å². The molecule has 1 aliphatic heterocycles. The standard InChI is InChI=1S/C29H31NO3/c1-5-17-31-28-27(32-20-23-9-7-6-8-10-23)25-18-24(15-16-26(25)33-29(28,3)4)30-19-22-13-11-21(2)12-14-22/h1,6-16,18,27-28,30H,17,19-20H2,2-4H3. The lowest BCUT2D eigenvalue weighted by atomic mass is 9.87. The van der Waals surface area contributed by atoms with Crippen molar-refractivity contribution >= 4 is 5.69 Å². The van der Waals surface area contributed by atoms with Gasteiger partial charge in [-0.1, -0.05) is 66.1 Å². The first-order chi connectivity index (χ1) is 16.0. The van der Waals surface area contributed by atoms with E-state index >= 15 is 0 Å². The van der Waals surface area contributed by atoms with Gasteiger partial charge in [0.2, 0.25) is 0 Å². The molecule has 1 N–H and O–H groups in total. The summed E-state index contributed by atoms with van der Waals surface area (Å²) in [7, 11) is 0. The highest BCUT2D eigenvalue weighted by Gasteiger charge is 2.45. The normalized spacial score (nSPS) is 18.6. The van der Waals surface area contributed by atoms with Crippen LogP contribution in [0.1, 0.15) is 42.2 Å². The maximum atomic E-state index is 6.47. The Bertz CT molecular complexity index is 1100. The second-order valence-electron chi connectivity index (χ2n) is 8.95. The summed E-state index contributed by atoms with van der Waals surface area (Å²) in [6.45, 7) is 7.52. The van der Waals surface area contributed by atoms with E-state index < -0.39 is 5.60 Å². The second kappa shape index (κ2) is 10.1. The zero-order valence-electron chi connectivity index (χ0n) is 19.5. The first-order valence-corrected chi connectivity index (χ1v) is 11.3. The van der Waals surface area contributed by atoms with Gasteiger partial charge in [0.15, 0.2) is 0 Å². The van der Waals surface area contributed by atoms with Crippen LogP contribution in [-0.4, -0.2) is 18.3 Å². The topological polar surface area (TPSA) is 39.7 Å². The van der Waals surface area contributed by atoms with E-state index in [2.05, 4.69) is 60.6 Å².